The van der Waals surface area contributed by atoms with Gasteiger partial charge in [-0.15, -0.1) is 0 Å². The summed E-state index contributed by atoms with van der Waals surface area (Å²) in [5.74, 6) is 2.43. The molecule has 2 aromatic heterocycles. The van der Waals surface area contributed by atoms with Crippen molar-refractivity contribution in [3.63, 3.8) is 0 Å². The summed E-state index contributed by atoms with van der Waals surface area (Å²) in [7, 11) is 1.92. The molecule has 1 atom stereocenters. The van der Waals surface area contributed by atoms with Crippen molar-refractivity contribution in [1.29, 1.82) is 0 Å². The molecule has 0 saturated carbocycles. The van der Waals surface area contributed by atoms with Gasteiger partial charge in [-0.1, -0.05) is 30.3 Å². The lowest BCUT2D eigenvalue weighted by Gasteiger charge is -2.22. The number of amides is 1. The topological polar surface area (TPSA) is 77.6 Å². The van der Waals surface area contributed by atoms with Crippen LogP contribution in [0.4, 0.5) is 5.82 Å². The van der Waals surface area contributed by atoms with Crippen LogP contribution in [0.2, 0.25) is 0 Å². The number of fused-ring (bicyclic) bond motifs is 1. The lowest BCUT2D eigenvalue weighted by atomic mass is 9.99. The van der Waals surface area contributed by atoms with Crippen molar-refractivity contribution in [2.75, 3.05) is 5.32 Å². The van der Waals surface area contributed by atoms with Crippen molar-refractivity contribution >= 4 is 11.7 Å². The quantitative estimate of drug-likeness (QED) is 0.795. The average molecular weight is 336 g/mol. The van der Waals surface area contributed by atoms with Gasteiger partial charge in [0.05, 0.1) is 12.5 Å². The predicted octanol–water partition coefficient (Wildman–Crippen LogP) is 2.19. The number of nitrogens with one attached hydrogen (secondary N) is 1. The summed E-state index contributed by atoms with van der Waals surface area (Å²) in [5, 5.41) is 7.28. The molecular weight excluding hydrogens is 316 g/mol. The first-order chi connectivity index (χ1) is 12.1. The second-order valence-electron chi connectivity index (χ2n) is 6.36. The maximum absolute atomic E-state index is 12.8. The molecule has 0 radical (unpaired) electrons. The molecule has 0 saturated heterocycles. The SMILES string of the molecule is Cc1nc(-c2ccccc2)c(NC(=O)C2CCc3ncnn3C2)n1C. The van der Waals surface area contributed by atoms with Crippen molar-refractivity contribution in [2.24, 2.45) is 13.0 Å². The van der Waals surface area contributed by atoms with E-state index in [2.05, 4.69) is 20.4 Å². The van der Waals surface area contributed by atoms with Crippen LogP contribution < -0.4 is 5.32 Å². The van der Waals surface area contributed by atoms with Crippen LogP contribution in [0.1, 0.15) is 18.1 Å². The molecule has 25 heavy (non-hydrogen) atoms. The number of imidazole rings is 1. The molecule has 1 N–H and O–H groups in total. The van der Waals surface area contributed by atoms with Gasteiger partial charge in [0.25, 0.3) is 0 Å². The highest BCUT2D eigenvalue weighted by molar-refractivity contribution is 5.95. The Morgan fingerprint density at radius 1 is 1.28 bits per heavy atom. The molecule has 3 heterocycles. The molecule has 4 rings (SSSR count). The van der Waals surface area contributed by atoms with Gasteiger partial charge in [-0.05, 0) is 13.3 Å². The fourth-order valence-corrected chi connectivity index (χ4v) is 3.22. The van der Waals surface area contributed by atoms with Gasteiger partial charge in [-0.2, -0.15) is 5.10 Å². The molecule has 3 aromatic rings. The first kappa shape index (κ1) is 15.6. The molecule has 1 aliphatic rings. The maximum Gasteiger partial charge on any atom is 0.230 e. The molecule has 0 bridgehead atoms. The fraction of sp³-hybridized carbons (Fsp3) is 0.333. The summed E-state index contributed by atoms with van der Waals surface area (Å²) < 4.78 is 3.74. The second-order valence-corrected chi connectivity index (χ2v) is 6.36. The van der Waals surface area contributed by atoms with Crippen LogP contribution in [0.15, 0.2) is 36.7 Å². The van der Waals surface area contributed by atoms with Gasteiger partial charge in [0, 0.05) is 19.0 Å². The zero-order chi connectivity index (χ0) is 17.4. The molecule has 1 aromatic carbocycles. The Kier molecular flexibility index (Phi) is 3.83. The fourth-order valence-electron chi connectivity index (χ4n) is 3.22. The lowest BCUT2D eigenvalue weighted by Crippen LogP contribution is -2.32. The lowest BCUT2D eigenvalue weighted by molar-refractivity contribution is -0.120. The Labute approximate surface area is 145 Å². The van der Waals surface area contributed by atoms with Crippen LogP contribution in [-0.4, -0.2) is 30.2 Å². The molecule has 7 nitrogen and oxygen atoms in total. The highest BCUT2D eigenvalue weighted by Crippen LogP contribution is 2.29. The van der Waals surface area contributed by atoms with Gasteiger partial charge in [0.2, 0.25) is 5.91 Å². The minimum atomic E-state index is -0.118. The van der Waals surface area contributed by atoms with E-state index < -0.39 is 0 Å². The molecule has 1 unspecified atom stereocenters. The van der Waals surface area contributed by atoms with E-state index in [4.69, 9.17) is 0 Å². The van der Waals surface area contributed by atoms with Crippen LogP contribution in [0, 0.1) is 12.8 Å². The first-order valence-corrected chi connectivity index (χ1v) is 8.40. The van der Waals surface area contributed by atoms with Gasteiger partial charge >= 0.3 is 0 Å². The van der Waals surface area contributed by atoms with Gasteiger partial charge in [-0.3, -0.25) is 4.79 Å². The molecule has 7 heteroatoms. The van der Waals surface area contributed by atoms with E-state index in [1.54, 1.807) is 6.33 Å². The number of carbonyl (C=O) groups excluding carboxylic acids is 1. The van der Waals surface area contributed by atoms with Crippen molar-refractivity contribution in [2.45, 2.75) is 26.3 Å². The summed E-state index contributed by atoms with van der Waals surface area (Å²) >= 11 is 0. The molecular formula is C18H20N6O. The number of aryl methyl sites for hydroxylation is 2. The van der Waals surface area contributed by atoms with E-state index >= 15 is 0 Å². The number of hydrogen-bond acceptors (Lipinski definition) is 4. The van der Waals surface area contributed by atoms with E-state index in [0.717, 1.165) is 41.6 Å². The van der Waals surface area contributed by atoms with Crippen LogP contribution in [0.25, 0.3) is 11.3 Å². The maximum atomic E-state index is 12.8. The third kappa shape index (κ3) is 2.82. The summed E-state index contributed by atoms with van der Waals surface area (Å²) in [6.45, 7) is 2.50. The Bertz CT molecular complexity index is 911. The van der Waals surface area contributed by atoms with Crippen LogP contribution >= 0.6 is 0 Å². The minimum absolute atomic E-state index is 0.00123. The van der Waals surface area contributed by atoms with Gasteiger partial charge < -0.3 is 9.88 Å². The monoisotopic (exact) mass is 336 g/mol. The third-order valence-corrected chi connectivity index (χ3v) is 4.78. The smallest absolute Gasteiger partial charge is 0.230 e. The van der Waals surface area contributed by atoms with E-state index in [1.807, 2.05) is 53.6 Å². The standard InChI is InChI=1S/C18H20N6O/c1-12-21-16(13-6-4-3-5-7-13)17(23(12)2)22-18(25)14-8-9-15-19-11-20-24(15)10-14/h3-7,11,14H,8-10H2,1-2H3,(H,22,25). The average Bonchev–Trinajstić information content (AvgIpc) is 3.21. The van der Waals surface area contributed by atoms with E-state index in [9.17, 15) is 4.79 Å². The highest BCUT2D eigenvalue weighted by atomic mass is 16.2. The van der Waals surface area contributed by atoms with Gasteiger partial charge in [0.1, 0.15) is 29.5 Å². The largest absolute Gasteiger partial charge is 0.318 e. The van der Waals surface area contributed by atoms with Crippen molar-refractivity contribution in [1.82, 2.24) is 24.3 Å². The van der Waals surface area contributed by atoms with E-state index in [1.165, 1.54) is 0 Å². The summed E-state index contributed by atoms with van der Waals surface area (Å²) in [6.07, 6.45) is 3.10. The van der Waals surface area contributed by atoms with Crippen LogP contribution in [-0.2, 0) is 24.8 Å². The number of benzene rings is 1. The van der Waals surface area contributed by atoms with Crippen LogP contribution in [0.3, 0.4) is 0 Å². The van der Waals surface area contributed by atoms with E-state index in [-0.39, 0.29) is 11.8 Å². The summed E-state index contributed by atoms with van der Waals surface area (Å²) in [6, 6.07) is 9.91. The Balaban J connectivity index is 1.60. The Morgan fingerprint density at radius 3 is 2.88 bits per heavy atom. The molecule has 1 aliphatic heterocycles. The second kappa shape index (κ2) is 6.16. The number of hydrogen-bond donors (Lipinski definition) is 1. The zero-order valence-electron chi connectivity index (χ0n) is 14.3. The third-order valence-electron chi connectivity index (χ3n) is 4.78. The number of nitrogens with zero attached hydrogens (tertiary/aromatic N) is 5. The minimum Gasteiger partial charge on any atom is -0.318 e. The van der Waals surface area contributed by atoms with Crippen molar-refractivity contribution < 1.29 is 4.79 Å². The number of aromatic nitrogens is 5. The first-order valence-electron chi connectivity index (χ1n) is 8.40. The molecule has 128 valence electrons. The highest BCUT2D eigenvalue weighted by Gasteiger charge is 2.27. The summed E-state index contributed by atoms with van der Waals surface area (Å²) in [5.41, 5.74) is 1.79. The molecule has 0 spiro atoms. The van der Waals surface area contributed by atoms with Crippen LogP contribution in [0.5, 0.6) is 0 Å². The predicted molar refractivity (Wildman–Crippen MR) is 93.8 cm³/mol. The zero-order valence-corrected chi connectivity index (χ0v) is 14.3. The molecule has 0 fully saturated rings. The van der Waals surface area contributed by atoms with Crippen molar-refractivity contribution in [3.05, 3.63) is 48.3 Å². The summed E-state index contributed by atoms with van der Waals surface area (Å²) in [4.78, 5) is 21.7. The molecule has 1 amide bonds. The Hall–Kier alpha value is -2.96. The Morgan fingerprint density at radius 2 is 2.08 bits per heavy atom. The number of carbonyl (C=O) groups is 1. The molecule has 0 aliphatic carbocycles. The number of anilines is 1. The number of rotatable bonds is 3. The van der Waals surface area contributed by atoms with Crippen molar-refractivity contribution in [3.8, 4) is 11.3 Å². The van der Waals surface area contributed by atoms with E-state index in [0.29, 0.717) is 6.54 Å². The van der Waals surface area contributed by atoms with Gasteiger partial charge in [0.15, 0.2) is 0 Å². The van der Waals surface area contributed by atoms with Gasteiger partial charge in [-0.25, -0.2) is 14.6 Å². The normalized spacial score (nSPS) is 16.5.